The number of allylic oxidation sites excluding steroid dienone is 4. The van der Waals surface area contributed by atoms with Crippen LogP contribution in [0.25, 0.3) is 11.0 Å². The van der Waals surface area contributed by atoms with Crippen LogP contribution in [0.2, 0.25) is 5.02 Å². The molecule has 0 amide bonds. The van der Waals surface area contributed by atoms with E-state index >= 15 is 0 Å². The van der Waals surface area contributed by atoms with Gasteiger partial charge in [0.15, 0.2) is 0 Å². The van der Waals surface area contributed by atoms with E-state index in [1.807, 2.05) is 38.2 Å². The molecule has 0 spiro atoms. The number of rotatable bonds is 8. The summed E-state index contributed by atoms with van der Waals surface area (Å²) in [5.74, 6) is -1.62. The number of alkyl halides is 3. The van der Waals surface area contributed by atoms with Gasteiger partial charge in [-0.2, -0.15) is 13.2 Å². The molecule has 38 heavy (non-hydrogen) atoms. The molecule has 198 valence electrons. The number of aromatic nitrogens is 3. The van der Waals surface area contributed by atoms with Crippen molar-refractivity contribution >= 4 is 28.6 Å². The molecule has 0 aliphatic rings. The van der Waals surface area contributed by atoms with Crippen molar-refractivity contribution in [3.63, 3.8) is 0 Å². The molecular formula is C28H24ClF5N4. The van der Waals surface area contributed by atoms with E-state index < -0.39 is 28.9 Å². The van der Waals surface area contributed by atoms with Gasteiger partial charge in [-0.1, -0.05) is 42.8 Å². The highest BCUT2D eigenvalue weighted by Gasteiger charge is 2.41. The molecule has 2 atom stereocenters. The third-order valence-electron chi connectivity index (χ3n) is 6.03. The summed E-state index contributed by atoms with van der Waals surface area (Å²) in [7, 11) is 0. The molecule has 2 N–H and O–H groups in total. The van der Waals surface area contributed by atoms with Gasteiger partial charge in [-0.05, 0) is 73.4 Å². The highest BCUT2D eigenvalue weighted by Crippen LogP contribution is 2.41. The van der Waals surface area contributed by atoms with Gasteiger partial charge in [0.25, 0.3) is 0 Å². The summed E-state index contributed by atoms with van der Waals surface area (Å²) in [5.41, 5.74) is -1.56. The van der Waals surface area contributed by atoms with Crippen LogP contribution in [0, 0.1) is 17.6 Å². The summed E-state index contributed by atoms with van der Waals surface area (Å²) < 4.78 is 69.9. The van der Waals surface area contributed by atoms with Crippen LogP contribution in [-0.2, 0) is 11.7 Å². The molecule has 4 rings (SSSR count). The number of hydrogen-bond donors (Lipinski definition) is 2. The first kappa shape index (κ1) is 27.3. The smallest absolute Gasteiger partial charge is 0.341 e. The Labute approximate surface area is 221 Å². The Morgan fingerprint density at radius 3 is 2.45 bits per heavy atom. The predicted octanol–water partition coefficient (Wildman–Crippen LogP) is 8.42. The number of benzene rings is 2. The van der Waals surface area contributed by atoms with Crippen LogP contribution < -0.4 is 5.32 Å². The molecule has 0 saturated carbocycles. The minimum Gasteiger partial charge on any atom is -0.341 e. The third kappa shape index (κ3) is 6.05. The number of nitrogens with zero attached hydrogens (tertiary/aromatic N) is 2. The number of pyridine rings is 1. The molecule has 0 aliphatic heterocycles. The van der Waals surface area contributed by atoms with E-state index in [1.54, 1.807) is 12.1 Å². The minimum absolute atomic E-state index is 0.0161. The summed E-state index contributed by atoms with van der Waals surface area (Å²) in [6, 6.07) is 9.49. The van der Waals surface area contributed by atoms with Crippen LogP contribution >= 0.6 is 11.6 Å². The van der Waals surface area contributed by atoms with Crippen molar-refractivity contribution in [2.24, 2.45) is 5.92 Å². The topological polar surface area (TPSA) is 53.6 Å². The zero-order valence-electron chi connectivity index (χ0n) is 20.5. The monoisotopic (exact) mass is 546 g/mol. The molecule has 4 aromatic rings. The van der Waals surface area contributed by atoms with Gasteiger partial charge in [-0.25, -0.2) is 13.8 Å². The fraction of sp³-hybridized carbons (Fsp3) is 0.214. The normalized spacial score (nSPS) is 14.8. The first-order chi connectivity index (χ1) is 18.0. The van der Waals surface area contributed by atoms with Gasteiger partial charge >= 0.3 is 6.18 Å². The maximum absolute atomic E-state index is 14.7. The second kappa shape index (κ2) is 10.9. The largest absolute Gasteiger partial charge is 0.416 e. The highest BCUT2D eigenvalue weighted by molar-refractivity contribution is 6.30. The second-order valence-corrected chi connectivity index (χ2v) is 9.39. The zero-order valence-corrected chi connectivity index (χ0v) is 21.2. The average Bonchev–Trinajstić information content (AvgIpc) is 3.24. The highest BCUT2D eigenvalue weighted by atomic mass is 35.5. The van der Waals surface area contributed by atoms with Crippen molar-refractivity contribution in [1.82, 2.24) is 15.0 Å². The van der Waals surface area contributed by atoms with Crippen molar-refractivity contribution in [3.05, 3.63) is 113 Å². The molecule has 0 saturated heterocycles. The number of imidazole rings is 1. The van der Waals surface area contributed by atoms with Crippen LogP contribution in [0.5, 0.6) is 0 Å². The summed E-state index contributed by atoms with van der Waals surface area (Å²) in [4.78, 5) is 11.8. The van der Waals surface area contributed by atoms with Crippen LogP contribution in [-0.4, -0.2) is 15.0 Å². The van der Waals surface area contributed by atoms with E-state index in [4.69, 9.17) is 11.6 Å². The van der Waals surface area contributed by atoms with Gasteiger partial charge in [-0.15, -0.1) is 0 Å². The fourth-order valence-corrected chi connectivity index (χ4v) is 4.46. The second-order valence-electron chi connectivity index (χ2n) is 8.96. The van der Waals surface area contributed by atoms with Crippen LogP contribution in [0.15, 0.2) is 79.0 Å². The van der Waals surface area contributed by atoms with Crippen molar-refractivity contribution in [1.29, 1.82) is 0 Å². The molecule has 0 fully saturated rings. The lowest BCUT2D eigenvalue weighted by molar-refractivity contribution is -0.137. The van der Waals surface area contributed by atoms with Crippen molar-refractivity contribution < 1.29 is 22.0 Å². The Kier molecular flexibility index (Phi) is 7.87. The molecule has 4 nitrogen and oxygen atoms in total. The van der Waals surface area contributed by atoms with Crippen LogP contribution in [0.3, 0.4) is 0 Å². The van der Waals surface area contributed by atoms with E-state index in [1.165, 1.54) is 24.4 Å². The number of hydrogen-bond acceptors (Lipinski definition) is 3. The SMILES string of the molecule is C/C=C\C=C/[C@@H](C)CC(Nc1nc2ccc(F)cc2[nH]1)(c1cc(F)cc(C(F)(F)F)c1)c1ccc(Cl)cn1. The molecule has 0 bridgehead atoms. The number of fused-ring (bicyclic) bond motifs is 1. The van der Waals surface area contributed by atoms with Gasteiger partial charge in [0.05, 0.1) is 27.3 Å². The first-order valence-corrected chi connectivity index (χ1v) is 12.1. The van der Waals surface area contributed by atoms with E-state index in [2.05, 4.69) is 20.3 Å². The minimum atomic E-state index is -4.79. The Morgan fingerprint density at radius 2 is 1.76 bits per heavy atom. The molecule has 2 heterocycles. The maximum Gasteiger partial charge on any atom is 0.416 e. The molecule has 10 heteroatoms. The summed E-state index contributed by atoms with van der Waals surface area (Å²) >= 11 is 6.07. The number of aromatic amines is 1. The number of H-pyrrole nitrogens is 1. The van der Waals surface area contributed by atoms with Gasteiger partial charge in [0, 0.05) is 6.20 Å². The average molecular weight is 547 g/mol. The first-order valence-electron chi connectivity index (χ1n) is 11.7. The molecular weight excluding hydrogens is 523 g/mol. The van der Waals surface area contributed by atoms with E-state index in [0.717, 1.165) is 12.1 Å². The van der Waals surface area contributed by atoms with Crippen molar-refractivity contribution in [2.75, 3.05) is 5.32 Å². The Bertz CT molecular complexity index is 1480. The van der Waals surface area contributed by atoms with Gasteiger partial charge in [0.1, 0.15) is 17.2 Å². The molecule has 2 aromatic carbocycles. The molecule has 2 aromatic heterocycles. The number of anilines is 1. The number of nitrogens with one attached hydrogen (secondary N) is 2. The third-order valence-corrected chi connectivity index (χ3v) is 6.25. The lowest BCUT2D eigenvalue weighted by Crippen LogP contribution is -2.40. The van der Waals surface area contributed by atoms with E-state index in [-0.39, 0.29) is 23.9 Å². The van der Waals surface area contributed by atoms with Crippen molar-refractivity contribution in [3.8, 4) is 0 Å². The Morgan fingerprint density at radius 1 is 1.00 bits per heavy atom. The summed E-state index contributed by atoms with van der Waals surface area (Å²) in [6.07, 6.45) is 4.10. The van der Waals surface area contributed by atoms with Crippen LogP contribution in [0.4, 0.5) is 27.9 Å². The molecule has 0 aliphatic carbocycles. The zero-order chi connectivity index (χ0) is 27.5. The fourth-order valence-electron chi connectivity index (χ4n) is 4.34. The molecule has 1 unspecified atom stereocenters. The Balaban J connectivity index is 1.97. The van der Waals surface area contributed by atoms with Gasteiger partial charge < -0.3 is 10.3 Å². The number of halogens is 6. The van der Waals surface area contributed by atoms with Crippen LogP contribution in [0.1, 0.15) is 37.1 Å². The quantitative estimate of drug-likeness (QED) is 0.172. The lowest BCUT2D eigenvalue weighted by Gasteiger charge is -2.37. The summed E-state index contributed by atoms with van der Waals surface area (Å²) in [6.45, 7) is 3.73. The van der Waals surface area contributed by atoms with E-state index in [9.17, 15) is 22.0 Å². The van der Waals surface area contributed by atoms with E-state index in [0.29, 0.717) is 27.8 Å². The Hall–Kier alpha value is -3.72. The lowest BCUT2D eigenvalue weighted by atomic mass is 9.78. The molecule has 0 radical (unpaired) electrons. The maximum atomic E-state index is 14.7. The van der Waals surface area contributed by atoms with Gasteiger partial charge in [-0.3, -0.25) is 4.98 Å². The summed E-state index contributed by atoms with van der Waals surface area (Å²) in [5, 5.41) is 3.52. The standard InChI is InChI=1S/C28H24ClF5N4/c1-3-4-5-6-17(2)15-27(25-10-7-20(29)16-35-25,18-11-19(28(32,33)34)13-22(31)12-18)38-26-36-23-9-8-21(30)14-24(23)37-26/h3-14,16-17H,15H2,1-2H3,(H2,36,37,38)/b4-3-,6-5-/t17-,27?/m1/s1. The van der Waals surface area contributed by atoms with Gasteiger partial charge in [0.2, 0.25) is 5.95 Å². The van der Waals surface area contributed by atoms with Crippen molar-refractivity contribution in [2.45, 2.75) is 32.0 Å². The predicted molar refractivity (Wildman–Crippen MR) is 139 cm³/mol.